The third-order valence-corrected chi connectivity index (χ3v) is 2.60. The maximum Gasteiger partial charge on any atom is 0.323 e. The zero-order valence-electron chi connectivity index (χ0n) is 11.0. The SMILES string of the molecule is COCc1cccc(NC(=O)Nc2ccc(F)cc2)c1. The smallest absolute Gasteiger partial charge is 0.323 e. The summed E-state index contributed by atoms with van der Waals surface area (Å²) in [5, 5.41) is 5.33. The Balaban J connectivity index is 1.97. The molecule has 0 aromatic heterocycles. The van der Waals surface area contributed by atoms with E-state index in [-0.39, 0.29) is 11.8 Å². The standard InChI is InChI=1S/C15H15FN2O2/c1-20-10-11-3-2-4-14(9-11)18-15(19)17-13-7-5-12(16)6-8-13/h2-9H,10H2,1H3,(H2,17,18,19). The maximum atomic E-state index is 12.7. The molecule has 0 saturated heterocycles. The second-order valence-electron chi connectivity index (χ2n) is 4.22. The maximum absolute atomic E-state index is 12.7. The summed E-state index contributed by atoms with van der Waals surface area (Å²) in [6.07, 6.45) is 0. The number of halogens is 1. The van der Waals surface area contributed by atoms with Gasteiger partial charge in [-0.25, -0.2) is 9.18 Å². The van der Waals surface area contributed by atoms with Crippen molar-refractivity contribution in [2.24, 2.45) is 0 Å². The molecule has 0 heterocycles. The van der Waals surface area contributed by atoms with E-state index in [0.717, 1.165) is 5.56 Å². The summed E-state index contributed by atoms with van der Waals surface area (Å²) in [5.41, 5.74) is 2.16. The van der Waals surface area contributed by atoms with Crippen molar-refractivity contribution in [2.75, 3.05) is 17.7 Å². The molecule has 0 saturated carbocycles. The Kier molecular flexibility index (Phi) is 4.68. The van der Waals surface area contributed by atoms with Crippen LogP contribution in [-0.4, -0.2) is 13.1 Å². The molecule has 5 heteroatoms. The molecule has 2 rings (SSSR count). The van der Waals surface area contributed by atoms with E-state index in [4.69, 9.17) is 4.74 Å². The molecular weight excluding hydrogens is 259 g/mol. The zero-order chi connectivity index (χ0) is 14.4. The normalized spacial score (nSPS) is 10.1. The number of benzene rings is 2. The van der Waals surface area contributed by atoms with Crippen LogP contribution in [0.15, 0.2) is 48.5 Å². The van der Waals surface area contributed by atoms with Crippen LogP contribution in [0.4, 0.5) is 20.6 Å². The monoisotopic (exact) mass is 274 g/mol. The highest BCUT2D eigenvalue weighted by atomic mass is 19.1. The summed E-state index contributed by atoms with van der Waals surface area (Å²) in [5.74, 6) is -0.344. The Hall–Kier alpha value is -2.40. The van der Waals surface area contributed by atoms with Crippen molar-refractivity contribution < 1.29 is 13.9 Å². The molecule has 0 radical (unpaired) electrons. The molecule has 0 aliphatic carbocycles. The first-order valence-corrected chi connectivity index (χ1v) is 6.09. The highest BCUT2D eigenvalue weighted by Gasteiger charge is 2.03. The largest absolute Gasteiger partial charge is 0.380 e. The van der Waals surface area contributed by atoms with Crippen LogP contribution in [-0.2, 0) is 11.3 Å². The molecule has 0 aliphatic rings. The first-order chi connectivity index (χ1) is 9.67. The Morgan fingerprint density at radius 1 is 1.10 bits per heavy atom. The van der Waals surface area contributed by atoms with Gasteiger partial charge in [0, 0.05) is 18.5 Å². The van der Waals surface area contributed by atoms with Crippen molar-refractivity contribution in [3.05, 3.63) is 59.9 Å². The van der Waals surface area contributed by atoms with Gasteiger partial charge in [0.1, 0.15) is 5.82 Å². The second-order valence-corrected chi connectivity index (χ2v) is 4.22. The molecule has 20 heavy (non-hydrogen) atoms. The number of methoxy groups -OCH3 is 1. The molecule has 0 bridgehead atoms. The van der Waals surface area contributed by atoms with E-state index in [2.05, 4.69) is 10.6 Å². The van der Waals surface area contributed by atoms with Crippen molar-refractivity contribution in [1.82, 2.24) is 0 Å². The summed E-state index contributed by atoms with van der Waals surface area (Å²) < 4.78 is 17.8. The second kappa shape index (κ2) is 6.68. The van der Waals surface area contributed by atoms with Gasteiger partial charge in [0.15, 0.2) is 0 Å². The third kappa shape index (κ3) is 4.07. The van der Waals surface area contributed by atoms with E-state index in [1.165, 1.54) is 24.3 Å². The molecule has 0 spiro atoms. The van der Waals surface area contributed by atoms with Gasteiger partial charge in [-0.1, -0.05) is 12.1 Å². The first kappa shape index (κ1) is 14.0. The Labute approximate surface area is 116 Å². The number of carbonyl (C=O) groups excluding carboxylic acids is 1. The molecule has 4 nitrogen and oxygen atoms in total. The van der Waals surface area contributed by atoms with Crippen LogP contribution in [0.1, 0.15) is 5.56 Å². The van der Waals surface area contributed by atoms with Gasteiger partial charge >= 0.3 is 6.03 Å². The third-order valence-electron chi connectivity index (χ3n) is 2.60. The Morgan fingerprint density at radius 3 is 2.50 bits per heavy atom. The number of carbonyl (C=O) groups is 1. The van der Waals surface area contributed by atoms with Gasteiger partial charge in [-0.2, -0.15) is 0 Å². The number of rotatable bonds is 4. The van der Waals surface area contributed by atoms with Crippen molar-refractivity contribution >= 4 is 17.4 Å². The van der Waals surface area contributed by atoms with E-state index in [0.29, 0.717) is 18.0 Å². The predicted octanol–water partition coefficient (Wildman–Crippen LogP) is 3.62. The molecule has 0 unspecified atom stereocenters. The average molecular weight is 274 g/mol. The fourth-order valence-electron chi connectivity index (χ4n) is 1.73. The fraction of sp³-hybridized carbons (Fsp3) is 0.133. The summed E-state index contributed by atoms with van der Waals surface area (Å²) in [6, 6.07) is 12.5. The van der Waals surface area contributed by atoms with Crippen molar-refractivity contribution in [3.63, 3.8) is 0 Å². The minimum absolute atomic E-state index is 0.344. The summed E-state index contributed by atoms with van der Waals surface area (Å²) >= 11 is 0. The van der Waals surface area contributed by atoms with E-state index in [1.807, 2.05) is 18.2 Å². The number of anilines is 2. The van der Waals surface area contributed by atoms with E-state index in [1.54, 1.807) is 13.2 Å². The van der Waals surface area contributed by atoms with Crippen LogP contribution < -0.4 is 10.6 Å². The van der Waals surface area contributed by atoms with Crippen LogP contribution in [0, 0.1) is 5.82 Å². The van der Waals surface area contributed by atoms with Gasteiger partial charge in [-0.15, -0.1) is 0 Å². The number of hydrogen-bond acceptors (Lipinski definition) is 2. The molecule has 2 N–H and O–H groups in total. The lowest BCUT2D eigenvalue weighted by Crippen LogP contribution is -2.19. The summed E-state index contributed by atoms with van der Waals surface area (Å²) in [4.78, 5) is 11.8. The Bertz CT molecular complexity index is 585. The van der Waals surface area contributed by atoms with Crippen LogP contribution in [0.25, 0.3) is 0 Å². The minimum Gasteiger partial charge on any atom is -0.380 e. The quantitative estimate of drug-likeness (QED) is 0.894. The summed E-state index contributed by atoms with van der Waals surface area (Å²) in [6.45, 7) is 0.481. The topological polar surface area (TPSA) is 50.4 Å². The molecular formula is C15H15FN2O2. The highest BCUT2D eigenvalue weighted by Crippen LogP contribution is 2.13. The average Bonchev–Trinajstić information content (AvgIpc) is 2.42. The van der Waals surface area contributed by atoms with Gasteiger partial charge in [0.2, 0.25) is 0 Å². The van der Waals surface area contributed by atoms with Crippen LogP contribution in [0.5, 0.6) is 0 Å². The van der Waals surface area contributed by atoms with Gasteiger partial charge in [0.05, 0.1) is 6.61 Å². The van der Waals surface area contributed by atoms with Crippen molar-refractivity contribution in [1.29, 1.82) is 0 Å². The molecule has 2 aromatic rings. The molecule has 0 fully saturated rings. The van der Waals surface area contributed by atoms with E-state index in [9.17, 15) is 9.18 Å². The number of urea groups is 1. The number of ether oxygens (including phenoxy) is 1. The Morgan fingerprint density at radius 2 is 1.80 bits per heavy atom. The summed E-state index contributed by atoms with van der Waals surface area (Å²) in [7, 11) is 1.61. The molecule has 0 atom stereocenters. The van der Waals surface area contributed by atoms with E-state index >= 15 is 0 Å². The van der Waals surface area contributed by atoms with Gasteiger partial charge < -0.3 is 15.4 Å². The van der Waals surface area contributed by atoms with Gasteiger partial charge in [-0.3, -0.25) is 0 Å². The van der Waals surface area contributed by atoms with Gasteiger partial charge in [0.25, 0.3) is 0 Å². The number of amides is 2. The van der Waals surface area contributed by atoms with Crippen molar-refractivity contribution in [2.45, 2.75) is 6.61 Å². The molecule has 104 valence electrons. The lowest BCUT2D eigenvalue weighted by molar-refractivity contribution is 0.185. The van der Waals surface area contributed by atoms with Crippen LogP contribution in [0.3, 0.4) is 0 Å². The number of nitrogens with one attached hydrogen (secondary N) is 2. The van der Waals surface area contributed by atoms with Crippen molar-refractivity contribution in [3.8, 4) is 0 Å². The lowest BCUT2D eigenvalue weighted by Gasteiger charge is -2.09. The molecule has 2 amide bonds. The first-order valence-electron chi connectivity index (χ1n) is 6.09. The number of hydrogen-bond donors (Lipinski definition) is 2. The lowest BCUT2D eigenvalue weighted by atomic mass is 10.2. The highest BCUT2D eigenvalue weighted by molar-refractivity contribution is 5.99. The predicted molar refractivity (Wildman–Crippen MR) is 76.2 cm³/mol. The zero-order valence-corrected chi connectivity index (χ0v) is 11.0. The minimum atomic E-state index is -0.383. The van der Waals surface area contributed by atoms with Crippen LogP contribution >= 0.6 is 0 Å². The van der Waals surface area contributed by atoms with E-state index < -0.39 is 0 Å². The fourth-order valence-corrected chi connectivity index (χ4v) is 1.73. The van der Waals surface area contributed by atoms with Gasteiger partial charge in [-0.05, 0) is 42.0 Å². The molecule has 0 aliphatic heterocycles. The molecule has 2 aromatic carbocycles. The van der Waals surface area contributed by atoms with Crippen LogP contribution in [0.2, 0.25) is 0 Å².